The monoisotopic (exact) mass is 280 g/mol. The molecule has 0 amide bonds. The molecule has 0 saturated heterocycles. The van der Waals surface area contributed by atoms with Crippen molar-refractivity contribution in [1.82, 2.24) is 0 Å². The molecule has 0 heterocycles. The van der Waals surface area contributed by atoms with Crippen LogP contribution in [0, 0.1) is 0 Å². The van der Waals surface area contributed by atoms with Crippen LogP contribution < -0.4 is 4.74 Å². The van der Waals surface area contributed by atoms with Gasteiger partial charge in [0.15, 0.2) is 0 Å². The van der Waals surface area contributed by atoms with Crippen molar-refractivity contribution in [2.45, 2.75) is 44.4 Å². The van der Waals surface area contributed by atoms with Gasteiger partial charge in [-0.2, -0.15) is 0 Å². The Bertz CT molecular complexity index is 625. The molecule has 2 aromatic rings. The molecule has 2 atom stereocenters. The first-order valence-electron chi connectivity index (χ1n) is 7.76. The summed E-state index contributed by atoms with van der Waals surface area (Å²) < 4.78 is 5.28. The van der Waals surface area contributed by atoms with Crippen molar-refractivity contribution in [3.63, 3.8) is 0 Å². The van der Waals surface area contributed by atoms with Crippen LogP contribution in [0.25, 0.3) is 0 Å². The van der Waals surface area contributed by atoms with E-state index < -0.39 is 0 Å². The van der Waals surface area contributed by atoms with E-state index in [1.165, 1.54) is 23.1 Å². The Labute approximate surface area is 128 Å². The number of methoxy groups -OCH3 is 1. The summed E-state index contributed by atoms with van der Waals surface area (Å²) in [6, 6.07) is 17.6. The van der Waals surface area contributed by atoms with Crippen molar-refractivity contribution >= 4 is 0 Å². The maximum absolute atomic E-state index is 5.28. The van der Waals surface area contributed by atoms with E-state index in [1.54, 1.807) is 7.11 Å². The van der Waals surface area contributed by atoms with Crippen LogP contribution in [0.4, 0.5) is 0 Å². The average molecular weight is 280 g/mol. The van der Waals surface area contributed by atoms with E-state index in [9.17, 15) is 0 Å². The van der Waals surface area contributed by atoms with Crippen molar-refractivity contribution < 1.29 is 4.74 Å². The molecule has 3 rings (SSSR count). The van der Waals surface area contributed by atoms with Crippen molar-refractivity contribution in [3.05, 3.63) is 65.2 Å². The molecule has 0 saturated carbocycles. The lowest BCUT2D eigenvalue weighted by Gasteiger charge is -2.41. The quantitative estimate of drug-likeness (QED) is 0.728. The van der Waals surface area contributed by atoms with Gasteiger partial charge in [-0.1, -0.05) is 57.2 Å². The largest absolute Gasteiger partial charge is 0.497 e. The predicted octanol–water partition coefficient (Wildman–Crippen LogP) is 5.26. The number of rotatable bonds is 2. The molecule has 1 aliphatic rings. The molecular weight excluding hydrogens is 256 g/mol. The van der Waals surface area contributed by atoms with Crippen LogP contribution in [0.2, 0.25) is 0 Å². The van der Waals surface area contributed by atoms with Gasteiger partial charge >= 0.3 is 0 Å². The fourth-order valence-electron chi connectivity index (χ4n) is 3.82. The molecule has 0 aromatic heterocycles. The molecule has 1 aliphatic carbocycles. The zero-order valence-corrected chi connectivity index (χ0v) is 13.4. The first-order chi connectivity index (χ1) is 10.0. The smallest absolute Gasteiger partial charge is 0.118 e. The molecule has 0 aliphatic heterocycles. The summed E-state index contributed by atoms with van der Waals surface area (Å²) in [5, 5.41) is 0. The average Bonchev–Trinajstić information content (AvgIpc) is 2.51. The van der Waals surface area contributed by atoms with E-state index in [2.05, 4.69) is 69.3 Å². The Morgan fingerprint density at radius 1 is 1.00 bits per heavy atom. The summed E-state index contributed by atoms with van der Waals surface area (Å²) in [6.45, 7) is 7.10. The standard InChI is InChI=1S/C20H24O/c1-14-17-7-5-6-8-19(17)20(2,3)13-18(14)15-9-11-16(21-4)12-10-15/h5-12,14,18H,13H2,1-4H3/t14-,18+/m0/s1. The van der Waals surface area contributed by atoms with E-state index in [1.807, 2.05) is 0 Å². The van der Waals surface area contributed by atoms with Crippen LogP contribution in [0.3, 0.4) is 0 Å². The molecule has 2 aromatic carbocycles. The van der Waals surface area contributed by atoms with Gasteiger partial charge in [0, 0.05) is 0 Å². The van der Waals surface area contributed by atoms with Crippen LogP contribution in [0.5, 0.6) is 5.75 Å². The minimum absolute atomic E-state index is 0.230. The lowest BCUT2D eigenvalue weighted by atomic mass is 9.62. The van der Waals surface area contributed by atoms with E-state index in [-0.39, 0.29) is 5.41 Å². The van der Waals surface area contributed by atoms with E-state index in [0.717, 1.165) is 5.75 Å². The molecule has 0 unspecified atom stereocenters. The van der Waals surface area contributed by atoms with Crippen LogP contribution >= 0.6 is 0 Å². The molecular formula is C20H24O. The van der Waals surface area contributed by atoms with E-state index in [0.29, 0.717) is 11.8 Å². The van der Waals surface area contributed by atoms with Crippen LogP contribution in [-0.4, -0.2) is 7.11 Å². The fraction of sp³-hybridized carbons (Fsp3) is 0.400. The van der Waals surface area contributed by atoms with Gasteiger partial charge in [-0.15, -0.1) is 0 Å². The summed E-state index contributed by atoms with van der Waals surface area (Å²) in [4.78, 5) is 0. The van der Waals surface area contributed by atoms with E-state index >= 15 is 0 Å². The van der Waals surface area contributed by atoms with Gasteiger partial charge in [0.2, 0.25) is 0 Å². The number of ether oxygens (including phenoxy) is 1. The molecule has 110 valence electrons. The van der Waals surface area contributed by atoms with Crippen LogP contribution in [0.15, 0.2) is 48.5 Å². The van der Waals surface area contributed by atoms with Gasteiger partial charge in [-0.25, -0.2) is 0 Å². The van der Waals surface area contributed by atoms with E-state index in [4.69, 9.17) is 4.74 Å². The van der Waals surface area contributed by atoms with Gasteiger partial charge in [0.05, 0.1) is 7.11 Å². The second-order valence-corrected chi connectivity index (χ2v) is 6.84. The maximum Gasteiger partial charge on any atom is 0.118 e. The Balaban J connectivity index is 2.01. The number of hydrogen-bond acceptors (Lipinski definition) is 1. The number of hydrogen-bond donors (Lipinski definition) is 0. The van der Waals surface area contributed by atoms with Crippen molar-refractivity contribution in [1.29, 1.82) is 0 Å². The number of fused-ring (bicyclic) bond motifs is 1. The van der Waals surface area contributed by atoms with Crippen molar-refractivity contribution in [2.24, 2.45) is 0 Å². The summed E-state index contributed by atoms with van der Waals surface area (Å²) in [5.74, 6) is 2.06. The highest BCUT2D eigenvalue weighted by Crippen LogP contribution is 2.49. The summed E-state index contributed by atoms with van der Waals surface area (Å²) in [5.41, 5.74) is 4.68. The number of benzene rings is 2. The molecule has 0 N–H and O–H groups in total. The Morgan fingerprint density at radius 3 is 2.33 bits per heavy atom. The highest BCUT2D eigenvalue weighted by molar-refractivity contribution is 5.43. The second kappa shape index (κ2) is 5.22. The Kier molecular flexibility index (Phi) is 3.52. The molecule has 1 nitrogen and oxygen atoms in total. The lowest BCUT2D eigenvalue weighted by molar-refractivity contribution is 0.357. The van der Waals surface area contributed by atoms with Gasteiger partial charge in [-0.05, 0) is 52.5 Å². The SMILES string of the molecule is COc1ccc([C@@H]2CC(C)(C)c3ccccc3[C@@H]2C)cc1. The molecule has 0 radical (unpaired) electrons. The first-order valence-corrected chi connectivity index (χ1v) is 7.76. The Hall–Kier alpha value is -1.76. The summed E-state index contributed by atoms with van der Waals surface area (Å²) in [6.07, 6.45) is 1.19. The molecule has 0 fully saturated rings. The highest BCUT2D eigenvalue weighted by atomic mass is 16.5. The third kappa shape index (κ3) is 2.46. The van der Waals surface area contributed by atoms with Gasteiger partial charge in [-0.3, -0.25) is 0 Å². The second-order valence-electron chi connectivity index (χ2n) is 6.84. The maximum atomic E-state index is 5.28. The zero-order chi connectivity index (χ0) is 15.0. The van der Waals surface area contributed by atoms with Crippen LogP contribution in [0.1, 0.15) is 55.7 Å². The van der Waals surface area contributed by atoms with Crippen molar-refractivity contribution in [3.8, 4) is 5.75 Å². The topological polar surface area (TPSA) is 9.23 Å². The molecule has 21 heavy (non-hydrogen) atoms. The molecule has 0 bridgehead atoms. The minimum Gasteiger partial charge on any atom is -0.497 e. The zero-order valence-electron chi connectivity index (χ0n) is 13.4. The first kappa shape index (κ1) is 14.2. The molecule has 1 heteroatoms. The molecule has 0 spiro atoms. The highest BCUT2D eigenvalue weighted by Gasteiger charge is 2.37. The third-order valence-corrected chi connectivity index (χ3v) is 5.06. The summed E-state index contributed by atoms with van der Waals surface area (Å²) in [7, 11) is 1.72. The van der Waals surface area contributed by atoms with Crippen molar-refractivity contribution in [2.75, 3.05) is 7.11 Å². The van der Waals surface area contributed by atoms with Gasteiger partial charge < -0.3 is 4.74 Å². The Morgan fingerprint density at radius 2 is 1.67 bits per heavy atom. The normalized spacial score (nSPS) is 23.4. The lowest BCUT2D eigenvalue weighted by Crippen LogP contribution is -2.30. The fourth-order valence-corrected chi connectivity index (χ4v) is 3.82. The summed E-state index contributed by atoms with van der Waals surface area (Å²) >= 11 is 0. The van der Waals surface area contributed by atoms with Gasteiger partial charge in [0.1, 0.15) is 5.75 Å². The van der Waals surface area contributed by atoms with Crippen LogP contribution in [-0.2, 0) is 5.41 Å². The minimum atomic E-state index is 0.230. The predicted molar refractivity (Wildman–Crippen MR) is 88.2 cm³/mol. The van der Waals surface area contributed by atoms with Gasteiger partial charge in [0.25, 0.3) is 0 Å². The third-order valence-electron chi connectivity index (χ3n) is 5.06.